The van der Waals surface area contributed by atoms with E-state index >= 15 is 0 Å². The fourth-order valence-corrected chi connectivity index (χ4v) is 3.05. The van der Waals surface area contributed by atoms with E-state index in [4.69, 9.17) is 18.0 Å². The molecule has 1 saturated heterocycles. The van der Waals surface area contributed by atoms with Gasteiger partial charge in [-0.15, -0.1) is 0 Å². The highest BCUT2D eigenvalue weighted by Gasteiger charge is 2.20. The lowest BCUT2D eigenvalue weighted by atomic mass is 10.1. The third kappa shape index (κ3) is 4.64. The van der Waals surface area contributed by atoms with Crippen LogP contribution in [0.4, 0.5) is 5.69 Å². The second kappa shape index (κ2) is 7.54. The van der Waals surface area contributed by atoms with Crippen molar-refractivity contribution < 1.29 is 0 Å². The molecule has 2 rings (SSSR count). The number of halogens is 1. The maximum absolute atomic E-state index is 5.85. The molecule has 6 heteroatoms. The minimum atomic E-state index is 0.465. The molecule has 0 bridgehead atoms. The summed E-state index contributed by atoms with van der Waals surface area (Å²) in [5.41, 5.74) is 7.96. The maximum atomic E-state index is 5.85. The number of hydrogen-bond donors (Lipinski definition) is 1. The number of rotatable bonds is 5. The van der Waals surface area contributed by atoms with Crippen molar-refractivity contribution in [2.45, 2.75) is 0 Å². The zero-order valence-corrected chi connectivity index (χ0v) is 15.1. The number of piperazine rings is 1. The highest BCUT2D eigenvalue weighted by molar-refractivity contribution is 9.10. The van der Waals surface area contributed by atoms with Crippen molar-refractivity contribution in [2.75, 3.05) is 58.3 Å². The quantitative estimate of drug-likeness (QED) is 0.799. The van der Waals surface area contributed by atoms with Crippen LogP contribution >= 0.6 is 28.1 Å². The molecule has 0 radical (unpaired) electrons. The molecule has 1 fully saturated rings. The van der Waals surface area contributed by atoms with Gasteiger partial charge in [-0.05, 0) is 32.3 Å². The Morgan fingerprint density at radius 2 is 1.95 bits per heavy atom. The zero-order valence-electron chi connectivity index (χ0n) is 12.7. The molecule has 4 nitrogen and oxygen atoms in total. The summed E-state index contributed by atoms with van der Waals surface area (Å²) in [7, 11) is 4.23. The van der Waals surface area contributed by atoms with Gasteiger partial charge in [0.1, 0.15) is 4.99 Å². The summed E-state index contributed by atoms with van der Waals surface area (Å²) in [4.78, 5) is 7.58. The van der Waals surface area contributed by atoms with Gasteiger partial charge in [-0.2, -0.15) is 0 Å². The first-order chi connectivity index (χ1) is 9.97. The lowest BCUT2D eigenvalue weighted by Gasteiger charge is -2.37. The molecule has 21 heavy (non-hydrogen) atoms. The maximum Gasteiger partial charge on any atom is 0.106 e. The predicted octanol–water partition coefficient (Wildman–Crippen LogP) is 1.77. The van der Waals surface area contributed by atoms with Gasteiger partial charge < -0.3 is 15.5 Å². The number of anilines is 1. The molecule has 1 aliphatic heterocycles. The summed E-state index contributed by atoms with van der Waals surface area (Å²) >= 11 is 8.71. The number of likely N-dealkylation sites (N-methyl/N-ethyl adjacent to an activating group) is 1. The van der Waals surface area contributed by atoms with Gasteiger partial charge in [0.2, 0.25) is 0 Å². The highest BCUT2D eigenvalue weighted by atomic mass is 79.9. The van der Waals surface area contributed by atoms with Crippen LogP contribution in [0.5, 0.6) is 0 Å². The Labute approximate surface area is 141 Å². The molecule has 0 aromatic heterocycles. The van der Waals surface area contributed by atoms with E-state index in [-0.39, 0.29) is 0 Å². The molecule has 0 spiro atoms. The van der Waals surface area contributed by atoms with E-state index in [0.717, 1.165) is 55.0 Å². The Kier molecular flexibility index (Phi) is 5.98. The molecule has 0 unspecified atom stereocenters. The third-order valence-electron chi connectivity index (χ3n) is 3.80. The normalized spacial score (nSPS) is 16.5. The smallest absolute Gasteiger partial charge is 0.106 e. The van der Waals surface area contributed by atoms with Crippen LogP contribution in [-0.4, -0.2) is 68.2 Å². The first-order valence-corrected chi connectivity index (χ1v) is 8.39. The molecule has 0 saturated carbocycles. The number of nitrogens with two attached hydrogens (primary N) is 1. The summed E-state index contributed by atoms with van der Waals surface area (Å²) in [5.74, 6) is 0. The summed E-state index contributed by atoms with van der Waals surface area (Å²) in [6.07, 6.45) is 0. The number of nitrogens with zero attached hydrogens (tertiary/aromatic N) is 3. The SMILES string of the molecule is CN(C)CCN1CCN(c2cc(Br)ccc2C(N)=S)CC1. The molecule has 2 N–H and O–H groups in total. The summed E-state index contributed by atoms with van der Waals surface area (Å²) in [6.45, 7) is 6.42. The van der Waals surface area contributed by atoms with Crippen molar-refractivity contribution in [1.29, 1.82) is 0 Å². The summed E-state index contributed by atoms with van der Waals surface area (Å²) < 4.78 is 1.06. The van der Waals surface area contributed by atoms with E-state index in [2.05, 4.69) is 50.8 Å². The molecule has 1 aromatic rings. The second-order valence-corrected chi connectivity index (χ2v) is 7.01. The zero-order chi connectivity index (χ0) is 15.4. The van der Waals surface area contributed by atoms with E-state index in [9.17, 15) is 0 Å². The minimum Gasteiger partial charge on any atom is -0.389 e. The predicted molar refractivity (Wildman–Crippen MR) is 97.2 cm³/mol. The van der Waals surface area contributed by atoms with Gasteiger partial charge in [-0.25, -0.2) is 0 Å². The van der Waals surface area contributed by atoms with Crippen molar-refractivity contribution in [1.82, 2.24) is 9.80 Å². The molecule has 116 valence electrons. The van der Waals surface area contributed by atoms with Crippen LogP contribution in [0.25, 0.3) is 0 Å². The Morgan fingerprint density at radius 1 is 1.29 bits per heavy atom. The van der Waals surface area contributed by atoms with E-state index < -0.39 is 0 Å². The topological polar surface area (TPSA) is 35.7 Å². The van der Waals surface area contributed by atoms with Crippen molar-refractivity contribution in [2.24, 2.45) is 5.73 Å². The molecule has 1 aromatic carbocycles. The van der Waals surface area contributed by atoms with Crippen LogP contribution < -0.4 is 10.6 Å². The van der Waals surface area contributed by atoms with Crippen molar-refractivity contribution in [3.8, 4) is 0 Å². The van der Waals surface area contributed by atoms with E-state index in [1.165, 1.54) is 0 Å². The third-order valence-corrected chi connectivity index (χ3v) is 4.51. The van der Waals surface area contributed by atoms with E-state index in [0.29, 0.717) is 4.99 Å². The van der Waals surface area contributed by atoms with Crippen LogP contribution in [-0.2, 0) is 0 Å². The van der Waals surface area contributed by atoms with E-state index in [1.807, 2.05) is 12.1 Å². The van der Waals surface area contributed by atoms with Gasteiger partial charge >= 0.3 is 0 Å². The van der Waals surface area contributed by atoms with Crippen LogP contribution in [0.1, 0.15) is 5.56 Å². The summed E-state index contributed by atoms with van der Waals surface area (Å²) in [6, 6.07) is 6.11. The number of benzene rings is 1. The monoisotopic (exact) mass is 370 g/mol. The molecule has 0 aliphatic carbocycles. The van der Waals surface area contributed by atoms with E-state index in [1.54, 1.807) is 0 Å². The average Bonchev–Trinajstić information content (AvgIpc) is 2.45. The van der Waals surface area contributed by atoms with Crippen molar-refractivity contribution in [3.05, 3.63) is 28.2 Å². The molecular weight excluding hydrogens is 348 g/mol. The van der Waals surface area contributed by atoms with Gasteiger partial charge in [0.15, 0.2) is 0 Å². The molecular formula is C15H23BrN4S. The van der Waals surface area contributed by atoms with Crippen LogP contribution in [0, 0.1) is 0 Å². The fourth-order valence-electron chi connectivity index (χ4n) is 2.53. The molecule has 0 atom stereocenters. The molecule has 1 aliphatic rings. The fraction of sp³-hybridized carbons (Fsp3) is 0.533. The van der Waals surface area contributed by atoms with Crippen LogP contribution in [0.2, 0.25) is 0 Å². The summed E-state index contributed by atoms with van der Waals surface area (Å²) in [5, 5.41) is 0. The largest absolute Gasteiger partial charge is 0.389 e. The Bertz CT molecular complexity index is 498. The van der Waals surface area contributed by atoms with Crippen molar-refractivity contribution in [3.63, 3.8) is 0 Å². The minimum absolute atomic E-state index is 0.465. The van der Waals surface area contributed by atoms with Crippen molar-refractivity contribution >= 4 is 38.8 Å². The first kappa shape index (κ1) is 16.7. The van der Waals surface area contributed by atoms with Gasteiger partial charge in [-0.1, -0.05) is 28.1 Å². The molecule has 1 heterocycles. The number of hydrogen-bond acceptors (Lipinski definition) is 4. The first-order valence-electron chi connectivity index (χ1n) is 7.19. The standard InChI is InChI=1S/C15H23BrN4S/c1-18(2)5-6-19-7-9-20(10-8-19)14-11-12(16)3-4-13(14)15(17)21/h3-4,11H,5-10H2,1-2H3,(H2,17,21). The average molecular weight is 371 g/mol. The molecule has 0 amide bonds. The van der Waals surface area contributed by atoms with Gasteiger partial charge in [0.25, 0.3) is 0 Å². The Balaban J connectivity index is 2.02. The van der Waals surface area contributed by atoms with Crippen LogP contribution in [0.3, 0.4) is 0 Å². The highest BCUT2D eigenvalue weighted by Crippen LogP contribution is 2.26. The lowest BCUT2D eigenvalue weighted by Crippen LogP contribution is -2.48. The number of thiocarbonyl (C=S) groups is 1. The lowest BCUT2D eigenvalue weighted by molar-refractivity contribution is 0.229. The Morgan fingerprint density at radius 3 is 2.52 bits per heavy atom. The second-order valence-electron chi connectivity index (χ2n) is 5.66. The van der Waals surface area contributed by atoms with Gasteiger partial charge in [0.05, 0.1) is 0 Å². The van der Waals surface area contributed by atoms with Crippen LogP contribution in [0.15, 0.2) is 22.7 Å². The van der Waals surface area contributed by atoms with Gasteiger partial charge in [-0.3, -0.25) is 4.90 Å². The Hall–Kier alpha value is -0.690. The van der Waals surface area contributed by atoms with Gasteiger partial charge in [0, 0.05) is 55.0 Å².